The zero-order valence-corrected chi connectivity index (χ0v) is 18.1. The van der Waals surface area contributed by atoms with Gasteiger partial charge in [-0.05, 0) is 42.8 Å². The maximum atomic E-state index is 12.3. The molecule has 1 aliphatic rings. The van der Waals surface area contributed by atoms with Crippen molar-refractivity contribution in [3.8, 4) is 11.3 Å². The topological polar surface area (TPSA) is 109 Å². The lowest BCUT2D eigenvalue weighted by Crippen LogP contribution is -2.36. The molecule has 0 bridgehead atoms. The molecule has 2 aromatic heterocycles. The zero-order chi connectivity index (χ0) is 24.1. The van der Waals surface area contributed by atoms with Crippen molar-refractivity contribution in [3.05, 3.63) is 60.6 Å². The van der Waals surface area contributed by atoms with E-state index in [1.54, 1.807) is 35.9 Å². The number of anilines is 1. The van der Waals surface area contributed by atoms with Crippen molar-refractivity contribution in [1.29, 1.82) is 0 Å². The van der Waals surface area contributed by atoms with E-state index in [0.717, 1.165) is 41.9 Å². The molecule has 11 heteroatoms. The molecule has 178 valence electrons. The fourth-order valence-electron chi connectivity index (χ4n) is 3.65. The Hall–Kier alpha value is -3.86. The minimum absolute atomic E-state index is 0.244. The van der Waals surface area contributed by atoms with E-state index in [2.05, 4.69) is 20.6 Å². The Morgan fingerprint density at radius 3 is 2.91 bits per heavy atom. The number of fused-ring (bicyclic) bond motifs is 1. The molecule has 0 spiro atoms. The number of benzene rings is 1. The van der Waals surface area contributed by atoms with Crippen molar-refractivity contribution in [2.24, 2.45) is 10.7 Å². The minimum atomic E-state index is -4.48. The first-order chi connectivity index (χ1) is 16.3. The van der Waals surface area contributed by atoms with E-state index < -0.39 is 18.8 Å². The van der Waals surface area contributed by atoms with E-state index in [1.807, 2.05) is 28.8 Å². The van der Waals surface area contributed by atoms with Crippen LogP contribution in [0.2, 0.25) is 0 Å². The smallest absolute Gasteiger partial charge is 0.404 e. The van der Waals surface area contributed by atoms with Gasteiger partial charge >= 0.3 is 12.2 Å². The van der Waals surface area contributed by atoms with Crippen LogP contribution in [0.25, 0.3) is 22.5 Å². The van der Waals surface area contributed by atoms with Gasteiger partial charge < -0.3 is 21.7 Å². The summed E-state index contributed by atoms with van der Waals surface area (Å²) in [5.41, 5.74) is 10.0. The number of allylic oxidation sites excluding steroid dienone is 1. The van der Waals surface area contributed by atoms with Crippen LogP contribution in [0.15, 0.2) is 60.0 Å². The number of nitrogens with two attached hydrogens (primary N) is 1. The summed E-state index contributed by atoms with van der Waals surface area (Å²) in [7, 11) is 0. The van der Waals surface area contributed by atoms with Crippen LogP contribution in [0, 0.1) is 0 Å². The number of hydrogen-bond donors (Lipinski definition) is 4. The number of carbonyl (C=O) groups excluding carboxylic acids is 1. The first-order valence-corrected chi connectivity index (χ1v) is 10.7. The number of halogens is 3. The summed E-state index contributed by atoms with van der Waals surface area (Å²) in [5.74, 6) is 0. The molecule has 5 N–H and O–H groups in total. The molecule has 1 aromatic carbocycles. The Morgan fingerprint density at radius 2 is 2.18 bits per heavy atom. The molecule has 0 aliphatic carbocycles. The standard InChI is InChI=1S/C23H24F3N7O/c24-23(25,26)14-31-22(34)32-18-3-1-2-16(8-18)20-13-30-21-9-15(5-7-33(20)21)17(10-27)11-29-19-4-6-28-12-19/h1-3,5,7-11,13,19,28H,4,6,12,14,27H2,(H2,31,32,34). The van der Waals surface area contributed by atoms with E-state index in [0.29, 0.717) is 11.3 Å². The van der Waals surface area contributed by atoms with Crippen LogP contribution in [0.1, 0.15) is 12.0 Å². The third-order valence-electron chi connectivity index (χ3n) is 5.35. The van der Waals surface area contributed by atoms with E-state index in [9.17, 15) is 18.0 Å². The average molecular weight is 471 g/mol. The summed E-state index contributed by atoms with van der Waals surface area (Å²) in [6.45, 7) is 0.409. The number of urea groups is 1. The summed E-state index contributed by atoms with van der Waals surface area (Å²) in [4.78, 5) is 20.8. The number of nitrogens with zero attached hydrogens (tertiary/aromatic N) is 3. The first-order valence-electron chi connectivity index (χ1n) is 10.7. The molecule has 3 heterocycles. The number of aliphatic imine (C=N–C) groups is 1. The van der Waals surface area contributed by atoms with Gasteiger partial charge in [0, 0.05) is 42.0 Å². The predicted molar refractivity (Wildman–Crippen MR) is 126 cm³/mol. The van der Waals surface area contributed by atoms with Gasteiger partial charge in [0.05, 0.1) is 17.9 Å². The average Bonchev–Trinajstić information content (AvgIpc) is 3.47. The van der Waals surface area contributed by atoms with Crippen molar-refractivity contribution in [1.82, 2.24) is 20.0 Å². The molecule has 1 aliphatic heterocycles. The minimum Gasteiger partial charge on any atom is -0.404 e. The highest BCUT2D eigenvalue weighted by atomic mass is 19.4. The molecule has 4 rings (SSSR count). The normalized spacial score (nSPS) is 16.9. The van der Waals surface area contributed by atoms with Crippen molar-refractivity contribution >= 4 is 29.2 Å². The van der Waals surface area contributed by atoms with Gasteiger partial charge in [-0.15, -0.1) is 0 Å². The Balaban J connectivity index is 1.52. The van der Waals surface area contributed by atoms with Gasteiger partial charge in [-0.1, -0.05) is 12.1 Å². The van der Waals surface area contributed by atoms with Crippen LogP contribution in [0.4, 0.5) is 23.7 Å². The van der Waals surface area contributed by atoms with E-state index >= 15 is 0 Å². The van der Waals surface area contributed by atoms with Gasteiger partial charge in [-0.2, -0.15) is 13.2 Å². The fraction of sp³-hybridized carbons (Fsp3) is 0.261. The molecule has 1 fully saturated rings. The van der Waals surface area contributed by atoms with Crippen molar-refractivity contribution in [2.75, 3.05) is 25.0 Å². The number of nitrogens with one attached hydrogen (secondary N) is 3. The summed E-state index contributed by atoms with van der Waals surface area (Å²) in [6, 6.07) is 9.89. The maximum absolute atomic E-state index is 12.3. The molecule has 1 saturated heterocycles. The van der Waals surface area contributed by atoms with Crippen molar-refractivity contribution < 1.29 is 18.0 Å². The number of rotatable bonds is 6. The molecular weight excluding hydrogens is 447 g/mol. The summed E-state index contributed by atoms with van der Waals surface area (Å²) in [6.07, 6.45) is 3.36. The number of amides is 2. The van der Waals surface area contributed by atoms with E-state index in [1.165, 1.54) is 6.20 Å². The molecule has 3 aromatic rings. The predicted octanol–water partition coefficient (Wildman–Crippen LogP) is 3.42. The van der Waals surface area contributed by atoms with Crippen LogP contribution >= 0.6 is 0 Å². The molecule has 0 radical (unpaired) electrons. The second-order valence-corrected chi connectivity index (χ2v) is 7.84. The molecule has 1 atom stereocenters. The number of imidazole rings is 1. The number of pyridine rings is 1. The molecular formula is C23H24F3N7O. The van der Waals surface area contributed by atoms with Crippen LogP contribution < -0.4 is 21.7 Å². The van der Waals surface area contributed by atoms with E-state index in [-0.39, 0.29) is 6.04 Å². The maximum Gasteiger partial charge on any atom is 0.405 e. The summed E-state index contributed by atoms with van der Waals surface area (Å²) < 4.78 is 38.8. The lowest BCUT2D eigenvalue weighted by atomic mass is 10.1. The largest absolute Gasteiger partial charge is 0.405 e. The molecule has 8 nitrogen and oxygen atoms in total. The Bertz CT molecular complexity index is 1230. The third kappa shape index (κ3) is 5.73. The number of hydrogen-bond acceptors (Lipinski definition) is 5. The van der Waals surface area contributed by atoms with Gasteiger partial charge in [0.2, 0.25) is 0 Å². The number of alkyl halides is 3. The fourth-order valence-corrected chi connectivity index (χ4v) is 3.65. The quantitative estimate of drug-likeness (QED) is 0.413. The highest BCUT2D eigenvalue weighted by Crippen LogP contribution is 2.25. The SMILES string of the molecule is NC=C(C=NC1CCNC1)c1ccn2c(-c3cccc(NC(=O)NCC(F)(F)F)c3)cnc2c1. The van der Waals surface area contributed by atoms with Crippen LogP contribution in [0.5, 0.6) is 0 Å². The highest BCUT2D eigenvalue weighted by Gasteiger charge is 2.27. The van der Waals surface area contributed by atoms with Crippen molar-refractivity contribution in [3.63, 3.8) is 0 Å². The van der Waals surface area contributed by atoms with Gasteiger partial charge in [-0.3, -0.25) is 9.39 Å². The van der Waals surface area contributed by atoms with E-state index in [4.69, 9.17) is 5.73 Å². The Morgan fingerprint density at radius 1 is 1.32 bits per heavy atom. The molecule has 1 unspecified atom stereocenters. The van der Waals surface area contributed by atoms with Gasteiger partial charge in [0.15, 0.2) is 0 Å². The highest BCUT2D eigenvalue weighted by molar-refractivity contribution is 6.10. The summed E-state index contributed by atoms with van der Waals surface area (Å²) >= 11 is 0. The second-order valence-electron chi connectivity index (χ2n) is 7.84. The monoisotopic (exact) mass is 471 g/mol. The molecule has 2 amide bonds. The van der Waals surface area contributed by atoms with Crippen LogP contribution in [-0.2, 0) is 0 Å². The van der Waals surface area contributed by atoms with Gasteiger partial charge in [0.25, 0.3) is 0 Å². The van der Waals surface area contributed by atoms with Gasteiger partial charge in [0.1, 0.15) is 12.2 Å². The zero-order valence-electron chi connectivity index (χ0n) is 18.1. The van der Waals surface area contributed by atoms with Crippen LogP contribution in [-0.4, -0.2) is 53.5 Å². The number of carbonyl (C=O) groups is 1. The third-order valence-corrected chi connectivity index (χ3v) is 5.35. The second kappa shape index (κ2) is 9.96. The van der Waals surface area contributed by atoms with Gasteiger partial charge in [-0.25, -0.2) is 9.78 Å². The summed E-state index contributed by atoms with van der Waals surface area (Å²) in [5, 5.41) is 7.47. The first kappa shape index (κ1) is 23.3. The molecule has 34 heavy (non-hydrogen) atoms. The Kier molecular flexibility index (Phi) is 6.82. The lowest BCUT2D eigenvalue weighted by molar-refractivity contribution is -0.122. The number of aromatic nitrogens is 2. The van der Waals surface area contributed by atoms with Crippen molar-refractivity contribution in [2.45, 2.75) is 18.6 Å². The molecule has 0 saturated carbocycles. The Labute approximate surface area is 193 Å². The lowest BCUT2D eigenvalue weighted by Gasteiger charge is -2.11. The van der Waals surface area contributed by atoms with Crippen LogP contribution in [0.3, 0.4) is 0 Å².